The predicted molar refractivity (Wildman–Crippen MR) is 118 cm³/mol. The maximum absolute atomic E-state index is 12.8. The molecule has 10 heteroatoms. The van der Waals surface area contributed by atoms with Gasteiger partial charge in [0.15, 0.2) is 0 Å². The molecule has 1 amide bonds. The summed E-state index contributed by atoms with van der Waals surface area (Å²) in [6.45, 7) is 5.65. The maximum atomic E-state index is 12.8. The molecule has 0 radical (unpaired) electrons. The topological polar surface area (TPSA) is 113 Å². The van der Waals surface area contributed by atoms with Crippen molar-refractivity contribution < 1.29 is 21.6 Å². The number of nitrogens with one attached hydrogen (secondary N) is 2. The summed E-state index contributed by atoms with van der Waals surface area (Å²) in [7, 11) is -7.26. The molecule has 0 unspecified atom stereocenters. The molecule has 0 aromatic heterocycles. The molecular weight excluding hydrogens is 426 g/mol. The van der Waals surface area contributed by atoms with Crippen molar-refractivity contribution in [3.05, 3.63) is 48.0 Å². The van der Waals surface area contributed by atoms with Crippen molar-refractivity contribution in [1.29, 1.82) is 0 Å². The Kier molecular flexibility index (Phi) is 6.09. The van der Waals surface area contributed by atoms with Gasteiger partial charge in [0, 0.05) is 18.2 Å². The average Bonchev–Trinajstić information content (AvgIpc) is 3.03. The first kappa shape index (κ1) is 22.1. The molecule has 162 valence electrons. The standard InChI is InChI=1S/C20H25N3O5S2/c1-14(2)20(24)21-16-6-9-18(10-7-16)30(27,28)22-19-13-17(8-5-15(19)3)23-11-4-12-29(23,25)26/h5-10,13-14,22H,4,11-12H2,1-3H3,(H,21,24). The smallest absolute Gasteiger partial charge is 0.261 e. The van der Waals surface area contributed by atoms with Crippen LogP contribution in [0.4, 0.5) is 17.1 Å². The average molecular weight is 452 g/mol. The Morgan fingerprint density at radius 1 is 1.10 bits per heavy atom. The van der Waals surface area contributed by atoms with Crippen molar-refractivity contribution in [3.8, 4) is 0 Å². The molecule has 0 spiro atoms. The van der Waals surface area contributed by atoms with Crippen LogP contribution in [0.5, 0.6) is 0 Å². The highest BCUT2D eigenvalue weighted by Crippen LogP contribution is 2.30. The zero-order valence-electron chi connectivity index (χ0n) is 17.0. The molecule has 1 heterocycles. The summed E-state index contributed by atoms with van der Waals surface area (Å²) in [6, 6.07) is 10.7. The van der Waals surface area contributed by atoms with E-state index in [9.17, 15) is 21.6 Å². The second-order valence-electron chi connectivity index (χ2n) is 7.51. The lowest BCUT2D eigenvalue weighted by Crippen LogP contribution is -2.25. The molecule has 1 fully saturated rings. The van der Waals surface area contributed by atoms with Gasteiger partial charge in [0.2, 0.25) is 15.9 Å². The van der Waals surface area contributed by atoms with Gasteiger partial charge in [-0.1, -0.05) is 19.9 Å². The van der Waals surface area contributed by atoms with E-state index in [0.29, 0.717) is 35.6 Å². The van der Waals surface area contributed by atoms with Gasteiger partial charge in [-0.3, -0.25) is 13.8 Å². The van der Waals surface area contributed by atoms with Crippen molar-refractivity contribution in [1.82, 2.24) is 0 Å². The van der Waals surface area contributed by atoms with E-state index >= 15 is 0 Å². The van der Waals surface area contributed by atoms with E-state index in [4.69, 9.17) is 0 Å². The van der Waals surface area contributed by atoms with E-state index in [0.717, 1.165) is 0 Å². The van der Waals surface area contributed by atoms with Crippen LogP contribution in [0.3, 0.4) is 0 Å². The molecule has 30 heavy (non-hydrogen) atoms. The number of carbonyl (C=O) groups excluding carboxylic acids is 1. The maximum Gasteiger partial charge on any atom is 0.261 e. The van der Waals surface area contributed by atoms with Crippen LogP contribution in [0, 0.1) is 12.8 Å². The van der Waals surface area contributed by atoms with E-state index in [1.54, 1.807) is 32.9 Å². The summed E-state index contributed by atoms with van der Waals surface area (Å²) in [4.78, 5) is 11.8. The van der Waals surface area contributed by atoms with E-state index < -0.39 is 20.0 Å². The summed E-state index contributed by atoms with van der Waals surface area (Å²) in [6.07, 6.45) is 0.539. The monoisotopic (exact) mass is 451 g/mol. The Morgan fingerprint density at radius 3 is 2.33 bits per heavy atom. The first-order chi connectivity index (χ1) is 14.0. The lowest BCUT2D eigenvalue weighted by molar-refractivity contribution is -0.118. The second-order valence-corrected chi connectivity index (χ2v) is 11.2. The van der Waals surface area contributed by atoms with Crippen LogP contribution < -0.4 is 14.3 Å². The lowest BCUT2D eigenvalue weighted by Gasteiger charge is -2.19. The summed E-state index contributed by atoms with van der Waals surface area (Å²) in [5.41, 5.74) is 1.92. The second kappa shape index (κ2) is 8.27. The number of amides is 1. The molecule has 0 bridgehead atoms. The number of hydrogen-bond acceptors (Lipinski definition) is 5. The summed E-state index contributed by atoms with van der Waals surface area (Å²) >= 11 is 0. The predicted octanol–water partition coefficient (Wildman–Crippen LogP) is 2.93. The highest BCUT2D eigenvalue weighted by Gasteiger charge is 2.29. The fraction of sp³-hybridized carbons (Fsp3) is 0.350. The van der Waals surface area contributed by atoms with Crippen molar-refractivity contribution >= 4 is 43.0 Å². The summed E-state index contributed by atoms with van der Waals surface area (Å²) in [5.74, 6) is -0.264. The third-order valence-corrected chi connectivity index (χ3v) is 8.06. The van der Waals surface area contributed by atoms with E-state index in [2.05, 4.69) is 10.0 Å². The molecular formula is C20H25N3O5S2. The van der Waals surface area contributed by atoms with E-state index in [1.807, 2.05) is 0 Å². The SMILES string of the molecule is Cc1ccc(N2CCCS2(=O)=O)cc1NS(=O)(=O)c1ccc(NC(=O)C(C)C)cc1. The minimum atomic E-state index is -3.90. The van der Waals surface area contributed by atoms with Gasteiger partial charge in [-0.05, 0) is 55.3 Å². The Labute approximate surface area is 177 Å². The van der Waals surface area contributed by atoms with Crippen LogP contribution in [-0.4, -0.2) is 35.0 Å². The molecule has 8 nitrogen and oxygen atoms in total. The minimum absolute atomic E-state index is 0.0312. The molecule has 0 atom stereocenters. The number of aryl methyl sites for hydroxylation is 1. The third kappa shape index (κ3) is 4.76. The number of sulfonamides is 2. The van der Waals surface area contributed by atoms with E-state index in [1.165, 1.54) is 34.6 Å². The summed E-state index contributed by atoms with van der Waals surface area (Å²) in [5, 5.41) is 2.71. The lowest BCUT2D eigenvalue weighted by atomic mass is 10.2. The van der Waals surface area contributed by atoms with Gasteiger partial charge < -0.3 is 5.32 Å². The van der Waals surface area contributed by atoms with Gasteiger partial charge in [0.05, 0.1) is 22.0 Å². The van der Waals surface area contributed by atoms with Crippen LogP contribution in [0.2, 0.25) is 0 Å². The zero-order chi connectivity index (χ0) is 22.1. The molecule has 0 saturated carbocycles. The molecule has 0 aliphatic carbocycles. The Bertz CT molecular complexity index is 1160. The molecule has 1 aliphatic rings. The Morgan fingerprint density at radius 2 is 1.77 bits per heavy atom. The fourth-order valence-corrected chi connectivity index (χ4v) is 5.69. The number of anilines is 3. The minimum Gasteiger partial charge on any atom is -0.326 e. The van der Waals surface area contributed by atoms with E-state index in [-0.39, 0.29) is 22.5 Å². The first-order valence-electron chi connectivity index (χ1n) is 9.54. The number of rotatable bonds is 6. The molecule has 2 N–H and O–H groups in total. The molecule has 1 aliphatic heterocycles. The van der Waals surface area contributed by atoms with Crippen molar-refractivity contribution in [2.75, 3.05) is 26.6 Å². The molecule has 2 aromatic rings. The zero-order valence-corrected chi connectivity index (χ0v) is 18.7. The van der Waals surface area contributed by atoms with Crippen LogP contribution in [0.1, 0.15) is 25.8 Å². The fourth-order valence-electron chi connectivity index (χ4n) is 3.01. The van der Waals surface area contributed by atoms with Gasteiger partial charge in [-0.25, -0.2) is 16.8 Å². The van der Waals surface area contributed by atoms with Crippen LogP contribution >= 0.6 is 0 Å². The number of carbonyl (C=O) groups is 1. The first-order valence-corrected chi connectivity index (χ1v) is 12.6. The molecule has 2 aromatic carbocycles. The van der Waals surface area contributed by atoms with Crippen molar-refractivity contribution in [2.45, 2.75) is 32.1 Å². The quantitative estimate of drug-likeness (QED) is 0.701. The van der Waals surface area contributed by atoms with Crippen molar-refractivity contribution in [3.63, 3.8) is 0 Å². The Hall–Kier alpha value is -2.59. The normalized spacial score (nSPS) is 15.9. The summed E-state index contributed by atoms with van der Waals surface area (Å²) < 4.78 is 53.8. The van der Waals surface area contributed by atoms with Crippen LogP contribution in [-0.2, 0) is 24.8 Å². The Balaban J connectivity index is 1.83. The van der Waals surface area contributed by atoms with Gasteiger partial charge in [-0.2, -0.15) is 0 Å². The van der Waals surface area contributed by atoms with Gasteiger partial charge in [0.1, 0.15) is 0 Å². The van der Waals surface area contributed by atoms with Crippen molar-refractivity contribution in [2.24, 2.45) is 5.92 Å². The third-order valence-electron chi connectivity index (χ3n) is 4.81. The molecule has 3 rings (SSSR count). The number of hydrogen-bond donors (Lipinski definition) is 2. The molecule has 1 saturated heterocycles. The van der Waals surface area contributed by atoms with Gasteiger partial charge >= 0.3 is 0 Å². The highest BCUT2D eigenvalue weighted by molar-refractivity contribution is 7.93. The van der Waals surface area contributed by atoms with Crippen LogP contribution in [0.15, 0.2) is 47.4 Å². The van der Waals surface area contributed by atoms with Gasteiger partial charge in [0.25, 0.3) is 10.0 Å². The van der Waals surface area contributed by atoms with Crippen LogP contribution in [0.25, 0.3) is 0 Å². The number of nitrogens with zero attached hydrogens (tertiary/aromatic N) is 1. The highest BCUT2D eigenvalue weighted by atomic mass is 32.2. The largest absolute Gasteiger partial charge is 0.326 e. The number of benzene rings is 2. The van der Waals surface area contributed by atoms with Gasteiger partial charge in [-0.15, -0.1) is 0 Å².